The summed E-state index contributed by atoms with van der Waals surface area (Å²) in [4.78, 5) is 16.5. The highest BCUT2D eigenvalue weighted by molar-refractivity contribution is 5.92. The van der Waals surface area contributed by atoms with Crippen molar-refractivity contribution < 1.29 is 18.0 Å². The minimum Gasteiger partial charge on any atom is -0.417 e. The van der Waals surface area contributed by atoms with Crippen LogP contribution >= 0.6 is 0 Å². The second-order valence-corrected chi connectivity index (χ2v) is 6.72. The molecule has 31 heavy (non-hydrogen) atoms. The Kier molecular flexibility index (Phi) is 6.79. The molecule has 0 aliphatic heterocycles. The van der Waals surface area contributed by atoms with Gasteiger partial charge in [-0.1, -0.05) is 19.9 Å². The summed E-state index contributed by atoms with van der Waals surface area (Å²) in [5.41, 5.74) is 2.48. The number of carbonyl (C=O) groups excluding carboxylic acids is 1. The first-order valence-electron chi connectivity index (χ1n) is 10.0. The Balaban J connectivity index is 0.00000132. The van der Waals surface area contributed by atoms with Crippen LogP contribution in [0, 0.1) is 12.7 Å². The third-order valence-electron chi connectivity index (χ3n) is 4.57. The lowest BCUT2D eigenvalue weighted by Crippen LogP contribution is -2.15. The molecule has 1 amide bonds. The first-order chi connectivity index (χ1) is 14.9. The summed E-state index contributed by atoms with van der Waals surface area (Å²) in [5.74, 6) is 0.287. The summed E-state index contributed by atoms with van der Waals surface area (Å²) in [6.07, 6.45) is 0.184. The molecule has 162 valence electrons. The van der Waals surface area contributed by atoms with Gasteiger partial charge in [-0.05, 0) is 61.4 Å². The van der Waals surface area contributed by atoms with Crippen molar-refractivity contribution in [1.29, 1.82) is 0 Å². The number of hydrogen-bond acceptors (Lipinski definition) is 4. The van der Waals surface area contributed by atoms with Crippen LogP contribution in [-0.2, 0) is 11.2 Å². The van der Waals surface area contributed by atoms with Gasteiger partial charge in [0, 0.05) is 11.3 Å². The maximum absolute atomic E-state index is 13.7. The molecule has 2 aromatic heterocycles. The van der Waals surface area contributed by atoms with E-state index in [2.05, 4.69) is 15.4 Å². The van der Waals surface area contributed by atoms with Crippen molar-refractivity contribution in [2.75, 3.05) is 5.32 Å². The molecule has 1 N–H and O–H groups in total. The molecule has 2 heterocycles. The van der Waals surface area contributed by atoms with E-state index in [-0.39, 0.29) is 12.3 Å². The molecule has 0 aliphatic carbocycles. The van der Waals surface area contributed by atoms with Crippen molar-refractivity contribution in [3.63, 3.8) is 0 Å². The molecule has 4 rings (SSSR count). The molecule has 1 atom stereocenters. The van der Waals surface area contributed by atoms with Gasteiger partial charge in [0.25, 0.3) is 0 Å². The van der Waals surface area contributed by atoms with Gasteiger partial charge >= 0.3 is 0 Å². The Morgan fingerprint density at radius 3 is 2.55 bits per heavy atom. The Bertz CT molecular complexity index is 1180. The number of hydrogen-bond donors (Lipinski definition) is 1. The smallest absolute Gasteiger partial charge is 0.246 e. The van der Waals surface area contributed by atoms with Crippen LogP contribution in [0.5, 0.6) is 0 Å². The molecule has 8 heteroatoms. The predicted molar refractivity (Wildman–Crippen MR) is 115 cm³/mol. The van der Waals surface area contributed by atoms with Crippen molar-refractivity contribution in [2.24, 2.45) is 0 Å². The lowest BCUT2D eigenvalue weighted by Gasteiger charge is -2.11. The van der Waals surface area contributed by atoms with E-state index in [1.54, 1.807) is 35.0 Å². The molecule has 0 spiro atoms. The van der Waals surface area contributed by atoms with Gasteiger partial charge in [-0.15, -0.1) is 5.10 Å². The van der Waals surface area contributed by atoms with Gasteiger partial charge in [0.15, 0.2) is 0 Å². The summed E-state index contributed by atoms with van der Waals surface area (Å²) < 4.78 is 34.5. The number of nitrogens with one attached hydrogen (secondary N) is 1. The van der Waals surface area contributed by atoms with Crippen molar-refractivity contribution in [2.45, 2.75) is 40.3 Å². The maximum atomic E-state index is 13.7. The summed E-state index contributed by atoms with van der Waals surface area (Å²) >= 11 is 0. The number of anilines is 1. The van der Waals surface area contributed by atoms with E-state index in [4.69, 9.17) is 4.42 Å². The first kappa shape index (κ1) is 22.1. The van der Waals surface area contributed by atoms with E-state index in [9.17, 15) is 13.6 Å². The molecule has 0 radical (unpaired) electrons. The summed E-state index contributed by atoms with van der Waals surface area (Å²) in [7, 11) is 0. The predicted octanol–water partition coefficient (Wildman–Crippen LogP) is 5.67. The van der Waals surface area contributed by atoms with Gasteiger partial charge in [-0.2, -0.15) is 4.52 Å². The van der Waals surface area contributed by atoms with E-state index in [0.29, 0.717) is 28.4 Å². The van der Waals surface area contributed by atoms with Crippen molar-refractivity contribution >= 4 is 17.3 Å². The summed E-state index contributed by atoms with van der Waals surface area (Å²) in [6, 6.07) is 10.7. The fourth-order valence-corrected chi connectivity index (χ4v) is 3.13. The van der Waals surface area contributed by atoms with Gasteiger partial charge in [-0.3, -0.25) is 4.79 Å². The highest BCUT2D eigenvalue weighted by atomic mass is 19.1. The lowest BCUT2D eigenvalue weighted by atomic mass is 10.0. The fraction of sp³-hybridized carbons (Fsp3) is 0.261. The Morgan fingerprint density at radius 1 is 1.19 bits per heavy atom. The molecule has 4 aromatic rings. The van der Waals surface area contributed by atoms with Gasteiger partial charge in [0.1, 0.15) is 17.8 Å². The fourth-order valence-electron chi connectivity index (χ4n) is 3.13. The molecule has 0 aliphatic rings. The number of rotatable bonds is 5. The second-order valence-electron chi connectivity index (χ2n) is 6.72. The standard InChI is InChI=1S/C21H18F2N4O2.C2H6/c1-12(22)18-8-5-16(23)9-15(18)10-19(28)25-17-6-3-14(4-7-17)21-26-27-13(2)24-11-20(27)29-21;1-2/h3-9,11-12H,10H2,1-2H3,(H,25,28);1-2H3. The molecule has 0 saturated carbocycles. The molecule has 0 bridgehead atoms. The molecular formula is C23H24F2N4O2. The van der Waals surface area contributed by atoms with Crippen LogP contribution in [-0.4, -0.2) is 20.5 Å². The highest BCUT2D eigenvalue weighted by Gasteiger charge is 2.15. The lowest BCUT2D eigenvalue weighted by molar-refractivity contribution is -0.115. The van der Waals surface area contributed by atoms with Crippen LogP contribution in [0.15, 0.2) is 53.1 Å². The average Bonchev–Trinajstić information content (AvgIpc) is 3.32. The third kappa shape index (κ3) is 4.96. The normalized spacial score (nSPS) is 11.7. The van der Waals surface area contributed by atoms with E-state index < -0.39 is 12.0 Å². The van der Waals surface area contributed by atoms with Crippen molar-refractivity contribution in [3.8, 4) is 11.5 Å². The average molecular weight is 426 g/mol. The zero-order valence-corrected chi connectivity index (χ0v) is 17.8. The molecular weight excluding hydrogens is 402 g/mol. The van der Waals surface area contributed by atoms with Crippen LogP contribution in [0.2, 0.25) is 0 Å². The minimum atomic E-state index is -1.29. The highest BCUT2D eigenvalue weighted by Crippen LogP contribution is 2.24. The minimum absolute atomic E-state index is 0.124. The maximum Gasteiger partial charge on any atom is 0.246 e. The van der Waals surface area contributed by atoms with E-state index >= 15 is 0 Å². The molecule has 0 fully saturated rings. The number of halogens is 2. The topological polar surface area (TPSA) is 72.4 Å². The van der Waals surface area contributed by atoms with E-state index in [1.165, 1.54) is 25.1 Å². The van der Waals surface area contributed by atoms with Crippen LogP contribution in [0.1, 0.15) is 43.9 Å². The van der Waals surface area contributed by atoms with Crippen molar-refractivity contribution in [1.82, 2.24) is 14.6 Å². The molecule has 0 saturated heterocycles. The van der Waals surface area contributed by atoms with Crippen LogP contribution in [0.25, 0.3) is 17.2 Å². The largest absolute Gasteiger partial charge is 0.417 e. The van der Waals surface area contributed by atoms with Gasteiger partial charge in [0.05, 0.1) is 12.6 Å². The number of aryl methyl sites for hydroxylation is 1. The van der Waals surface area contributed by atoms with Crippen LogP contribution in [0.3, 0.4) is 0 Å². The molecule has 1 unspecified atom stereocenters. The summed E-state index contributed by atoms with van der Waals surface area (Å²) in [5, 5.41) is 7.09. The SMILES string of the molecule is CC.Cc1ncc2oc(-c3ccc(NC(=O)Cc4cc(F)ccc4C(C)F)cc3)nn12. The van der Waals surface area contributed by atoms with Gasteiger partial charge < -0.3 is 9.73 Å². The number of benzene rings is 2. The number of fused-ring (bicyclic) bond motifs is 1. The Labute approximate surface area is 178 Å². The van der Waals surface area contributed by atoms with Gasteiger partial charge in [-0.25, -0.2) is 13.8 Å². The second kappa shape index (κ2) is 9.51. The zero-order chi connectivity index (χ0) is 22.5. The number of amides is 1. The number of aromatic nitrogens is 3. The summed E-state index contributed by atoms with van der Waals surface area (Å²) in [6.45, 7) is 7.18. The van der Waals surface area contributed by atoms with Gasteiger partial charge in [0.2, 0.25) is 17.5 Å². The molecule has 6 nitrogen and oxygen atoms in total. The number of nitrogens with zero attached hydrogens (tertiary/aromatic N) is 3. The Morgan fingerprint density at radius 2 is 1.90 bits per heavy atom. The zero-order valence-electron chi connectivity index (χ0n) is 17.8. The number of carbonyl (C=O) groups is 1. The first-order valence-corrected chi connectivity index (χ1v) is 10.0. The number of alkyl halides is 1. The number of imidazole rings is 1. The third-order valence-corrected chi connectivity index (χ3v) is 4.57. The van der Waals surface area contributed by atoms with Crippen LogP contribution in [0.4, 0.5) is 14.5 Å². The van der Waals surface area contributed by atoms with E-state index in [1.807, 2.05) is 20.8 Å². The Hall–Kier alpha value is -3.55. The molecule has 2 aromatic carbocycles. The van der Waals surface area contributed by atoms with Crippen molar-refractivity contribution in [3.05, 3.63) is 71.4 Å². The van der Waals surface area contributed by atoms with E-state index in [0.717, 1.165) is 11.4 Å². The quantitative estimate of drug-likeness (QED) is 0.446. The monoisotopic (exact) mass is 426 g/mol. The van der Waals surface area contributed by atoms with Crippen LogP contribution < -0.4 is 5.32 Å².